The van der Waals surface area contributed by atoms with E-state index in [-0.39, 0.29) is 0 Å². The van der Waals surface area contributed by atoms with Crippen LogP contribution in [-0.2, 0) is 0 Å². The Morgan fingerprint density at radius 3 is 2.72 bits per heavy atom. The Hall–Kier alpha value is -0.550. The normalized spacial score (nSPS) is 28.8. The van der Waals surface area contributed by atoms with Crippen LogP contribution < -0.4 is 5.32 Å². The standard InChI is InChI=1S/C13H24N4S/c1-8(2)10-5-6-11(14-4)12(7-10)18-13-15-9(3)16-17-13/h8,10-12,14H,5-7H2,1-4H3,(H,15,16,17). The summed E-state index contributed by atoms with van der Waals surface area (Å²) in [7, 11) is 2.07. The summed E-state index contributed by atoms with van der Waals surface area (Å²) in [5.41, 5.74) is 0. The molecule has 2 rings (SSSR count). The minimum Gasteiger partial charge on any atom is -0.316 e. The molecule has 102 valence electrons. The molecule has 0 aromatic carbocycles. The first-order valence-corrected chi connectivity index (χ1v) is 7.71. The van der Waals surface area contributed by atoms with Crippen LogP contribution in [0, 0.1) is 18.8 Å². The Bertz CT molecular complexity index is 377. The van der Waals surface area contributed by atoms with Gasteiger partial charge in [0, 0.05) is 11.3 Å². The molecule has 0 amide bonds. The average Bonchev–Trinajstić information content (AvgIpc) is 2.74. The van der Waals surface area contributed by atoms with Gasteiger partial charge >= 0.3 is 0 Å². The molecule has 1 aliphatic rings. The van der Waals surface area contributed by atoms with E-state index in [1.165, 1.54) is 19.3 Å². The predicted octanol–water partition coefficient (Wildman–Crippen LogP) is 2.62. The highest BCUT2D eigenvalue weighted by Gasteiger charge is 2.32. The lowest BCUT2D eigenvalue weighted by Gasteiger charge is -2.36. The molecule has 1 saturated carbocycles. The summed E-state index contributed by atoms with van der Waals surface area (Å²) in [6, 6.07) is 0.587. The summed E-state index contributed by atoms with van der Waals surface area (Å²) in [5.74, 6) is 2.52. The fourth-order valence-corrected chi connectivity index (χ4v) is 4.07. The fourth-order valence-electron chi connectivity index (χ4n) is 2.74. The number of H-pyrrole nitrogens is 1. The molecule has 0 spiro atoms. The number of hydrogen-bond acceptors (Lipinski definition) is 4. The highest BCUT2D eigenvalue weighted by atomic mass is 32.2. The third kappa shape index (κ3) is 3.26. The van der Waals surface area contributed by atoms with Crippen molar-refractivity contribution in [3.8, 4) is 0 Å². The van der Waals surface area contributed by atoms with Crippen LogP contribution in [0.3, 0.4) is 0 Å². The van der Waals surface area contributed by atoms with Crippen molar-refractivity contribution < 1.29 is 0 Å². The zero-order valence-corrected chi connectivity index (χ0v) is 12.5. The van der Waals surface area contributed by atoms with Gasteiger partial charge in [0.05, 0.1) is 0 Å². The van der Waals surface area contributed by atoms with E-state index in [0.717, 1.165) is 22.8 Å². The first-order chi connectivity index (χ1) is 8.60. The maximum absolute atomic E-state index is 4.41. The number of aromatic nitrogens is 3. The highest BCUT2D eigenvalue weighted by molar-refractivity contribution is 7.99. The smallest absolute Gasteiger partial charge is 0.208 e. The topological polar surface area (TPSA) is 53.6 Å². The number of nitrogens with zero attached hydrogens (tertiary/aromatic N) is 2. The van der Waals surface area contributed by atoms with Crippen LogP contribution in [0.1, 0.15) is 38.9 Å². The number of aryl methyl sites for hydroxylation is 1. The number of hydrogen-bond donors (Lipinski definition) is 2. The number of aromatic amines is 1. The van der Waals surface area contributed by atoms with Gasteiger partial charge in [-0.05, 0) is 45.1 Å². The van der Waals surface area contributed by atoms with Crippen molar-refractivity contribution in [2.75, 3.05) is 7.05 Å². The highest BCUT2D eigenvalue weighted by Crippen LogP contribution is 2.38. The van der Waals surface area contributed by atoms with Gasteiger partial charge < -0.3 is 5.32 Å². The third-order valence-corrected chi connectivity index (χ3v) is 5.20. The Morgan fingerprint density at radius 2 is 2.17 bits per heavy atom. The van der Waals surface area contributed by atoms with E-state index in [2.05, 4.69) is 41.4 Å². The Labute approximate surface area is 114 Å². The van der Waals surface area contributed by atoms with Gasteiger partial charge in [-0.2, -0.15) is 0 Å². The lowest BCUT2D eigenvalue weighted by Crippen LogP contribution is -2.41. The van der Waals surface area contributed by atoms with Crippen molar-refractivity contribution in [2.24, 2.45) is 11.8 Å². The second kappa shape index (κ2) is 6.06. The lowest BCUT2D eigenvalue weighted by molar-refractivity contribution is 0.251. The van der Waals surface area contributed by atoms with Crippen LogP contribution in [0.25, 0.3) is 0 Å². The summed E-state index contributed by atoms with van der Waals surface area (Å²) < 4.78 is 0. The molecular weight excluding hydrogens is 244 g/mol. The van der Waals surface area contributed by atoms with E-state index in [4.69, 9.17) is 0 Å². The second-order valence-corrected chi connectivity index (χ2v) is 6.78. The van der Waals surface area contributed by atoms with Gasteiger partial charge in [0.25, 0.3) is 0 Å². The molecule has 1 aromatic rings. The molecule has 3 unspecified atom stereocenters. The van der Waals surface area contributed by atoms with Crippen molar-refractivity contribution in [1.82, 2.24) is 20.5 Å². The van der Waals surface area contributed by atoms with E-state index in [0.29, 0.717) is 11.3 Å². The summed E-state index contributed by atoms with van der Waals surface area (Å²) >= 11 is 1.82. The van der Waals surface area contributed by atoms with E-state index >= 15 is 0 Å². The summed E-state index contributed by atoms with van der Waals surface area (Å²) in [4.78, 5) is 4.41. The van der Waals surface area contributed by atoms with Crippen LogP contribution >= 0.6 is 11.8 Å². The van der Waals surface area contributed by atoms with E-state index in [1.807, 2.05) is 18.7 Å². The number of nitrogens with one attached hydrogen (secondary N) is 2. The maximum Gasteiger partial charge on any atom is 0.208 e. The first-order valence-electron chi connectivity index (χ1n) is 6.83. The van der Waals surface area contributed by atoms with Gasteiger partial charge in [0.1, 0.15) is 5.82 Å². The number of thioether (sulfide) groups is 1. The van der Waals surface area contributed by atoms with Gasteiger partial charge in [-0.15, -0.1) is 5.10 Å². The van der Waals surface area contributed by atoms with E-state index in [1.54, 1.807) is 0 Å². The van der Waals surface area contributed by atoms with E-state index < -0.39 is 0 Å². The van der Waals surface area contributed by atoms with Crippen LogP contribution in [0.5, 0.6) is 0 Å². The van der Waals surface area contributed by atoms with Gasteiger partial charge in [-0.25, -0.2) is 4.98 Å². The molecule has 2 N–H and O–H groups in total. The molecule has 0 aliphatic heterocycles. The molecular formula is C13H24N4S. The summed E-state index contributed by atoms with van der Waals surface area (Å²) in [6.45, 7) is 6.62. The third-order valence-electron chi connectivity index (χ3n) is 3.98. The van der Waals surface area contributed by atoms with Crippen LogP contribution in [-0.4, -0.2) is 33.5 Å². The second-order valence-electron chi connectivity index (χ2n) is 5.57. The van der Waals surface area contributed by atoms with Crippen LogP contribution in [0.15, 0.2) is 5.16 Å². The van der Waals surface area contributed by atoms with Crippen molar-refractivity contribution in [2.45, 2.75) is 56.5 Å². The lowest BCUT2D eigenvalue weighted by atomic mass is 9.79. The molecule has 0 saturated heterocycles. The Kier molecular flexibility index (Phi) is 4.67. The minimum absolute atomic E-state index is 0.587. The summed E-state index contributed by atoms with van der Waals surface area (Å²) in [6.07, 6.45) is 3.87. The monoisotopic (exact) mass is 268 g/mol. The van der Waals surface area contributed by atoms with Crippen molar-refractivity contribution >= 4 is 11.8 Å². The first kappa shape index (κ1) is 13.9. The van der Waals surface area contributed by atoms with Gasteiger partial charge in [0.15, 0.2) is 0 Å². The predicted molar refractivity (Wildman–Crippen MR) is 75.8 cm³/mol. The molecule has 1 aliphatic carbocycles. The van der Waals surface area contributed by atoms with E-state index in [9.17, 15) is 0 Å². The van der Waals surface area contributed by atoms with Gasteiger partial charge in [-0.1, -0.05) is 25.6 Å². The molecule has 3 atom stereocenters. The molecule has 4 nitrogen and oxygen atoms in total. The van der Waals surface area contributed by atoms with Gasteiger partial charge in [0.2, 0.25) is 5.16 Å². The Morgan fingerprint density at radius 1 is 1.39 bits per heavy atom. The molecule has 5 heteroatoms. The van der Waals surface area contributed by atoms with Crippen molar-refractivity contribution in [1.29, 1.82) is 0 Å². The minimum atomic E-state index is 0.587. The molecule has 1 aromatic heterocycles. The summed E-state index contributed by atoms with van der Waals surface area (Å²) in [5, 5.41) is 12.1. The quantitative estimate of drug-likeness (QED) is 0.881. The van der Waals surface area contributed by atoms with Crippen molar-refractivity contribution in [3.63, 3.8) is 0 Å². The SMILES string of the molecule is CNC1CCC(C(C)C)CC1Sc1n[nH]c(C)n1. The van der Waals surface area contributed by atoms with Crippen LogP contribution in [0.4, 0.5) is 0 Å². The molecule has 1 heterocycles. The van der Waals surface area contributed by atoms with Gasteiger partial charge in [-0.3, -0.25) is 5.10 Å². The zero-order valence-electron chi connectivity index (χ0n) is 11.7. The molecule has 0 radical (unpaired) electrons. The number of rotatable bonds is 4. The average molecular weight is 268 g/mol. The van der Waals surface area contributed by atoms with Crippen LogP contribution in [0.2, 0.25) is 0 Å². The van der Waals surface area contributed by atoms with Crippen molar-refractivity contribution in [3.05, 3.63) is 5.82 Å². The molecule has 1 fully saturated rings. The molecule has 0 bridgehead atoms. The Balaban J connectivity index is 2.02. The molecule has 18 heavy (non-hydrogen) atoms. The maximum atomic E-state index is 4.41. The largest absolute Gasteiger partial charge is 0.316 e. The zero-order chi connectivity index (χ0) is 13.1. The fraction of sp³-hybridized carbons (Fsp3) is 0.846.